The van der Waals surface area contributed by atoms with E-state index in [1.54, 1.807) is 37.8 Å². The van der Waals surface area contributed by atoms with Gasteiger partial charge in [0, 0.05) is 11.6 Å². The lowest BCUT2D eigenvalue weighted by Gasteiger charge is -2.06. The smallest absolute Gasteiger partial charge is 0.130 e. The first kappa shape index (κ1) is 9.39. The average molecular weight is 203 g/mol. The van der Waals surface area contributed by atoms with Crippen molar-refractivity contribution in [2.45, 2.75) is 0 Å². The molecule has 0 fully saturated rings. The molecule has 0 unspecified atom stereocenters. The minimum absolute atomic E-state index is 0.343. The number of nitrogens with zero attached hydrogens (tertiary/aromatic N) is 2. The number of aromatic nitrogens is 2. The van der Waals surface area contributed by atoms with E-state index in [2.05, 4.69) is 15.1 Å². The number of methoxy groups -OCH3 is 1. The first-order valence-electron chi connectivity index (χ1n) is 4.35. The highest BCUT2D eigenvalue weighted by atomic mass is 16.5. The van der Waals surface area contributed by atoms with Crippen LogP contribution in [0.25, 0.3) is 11.3 Å². The molecule has 2 rings (SSSR count). The molecule has 5 nitrogen and oxygen atoms in total. The fourth-order valence-corrected chi connectivity index (χ4v) is 1.36. The lowest BCUT2D eigenvalue weighted by atomic mass is 10.1. The first-order valence-corrected chi connectivity index (χ1v) is 4.35. The predicted octanol–water partition coefficient (Wildman–Crippen LogP) is 2.48. The van der Waals surface area contributed by atoms with Gasteiger partial charge in [-0.05, 0) is 17.3 Å². The van der Waals surface area contributed by atoms with Gasteiger partial charge in [-0.2, -0.15) is 0 Å². The second kappa shape index (κ2) is 3.91. The molecule has 1 aromatic carbocycles. The van der Waals surface area contributed by atoms with Crippen LogP contribution >= 0.6 is 0 Å². The summed E-state index contributed by atoms with van der Waals surface area (Å²) in [7, 11) is 1.55. The predicted molar refractivity (Wildman–Crippen MR) is 56.0 cm³/mol. The Balaban J connectivity index is 2.52. The Bertz CT molecular complexity index is 466. The van der Waals surface area contributed by atoms with Crippen LogP contribution in [0.15, 0.2) is 35.9 Å². The van der Waals surface area contributed by atoms with Crippen molar-refractivity contribution in [1.29, 1.82) is 0 Å². The Morgan fingerprint density at radius 3 is 2.93 bits per heavy atom. The molecule has 76 valence electrons. The Hall–Kier alpha value is -2.17. The maximum atomic E-state index is 10.3. The molecule has 0 saturated heterocycles. The zero-order valence-corrected chi connectivity index (χ0v) is 8.10. The summed E-state index contributed by atoms with van der Waals surface area (Å²) in [5, 5.41) is 2.85. The molecule has 15 heavy (non-hydrogen) atoms. The van der Waals surface area contributed by atoms with Crippen LogP contribution in [0, 0.1) is 4.91 Å². The topological polar surface area (TPSA) is 67.3 Å². The average Bonchev–Trinajstić information content (AvgIpc) is 2.81. The van der Waals surface area contributed by atoms with E-state index in [9.17, 15) is 4.91 Å². The van der Waals surface area contributed by atoms with E-state index in [0.29, 0.717) is 11.4 Å². The molecule has 5 heteroatoms. The van der Waals surface area contributed by atoms with Gasteiger partial charge in [-0.25, -0.2) is 4.98 Å². The lowest BCUT2D eigenvalue weighted by Crippen LogP contribution is -1.87. The Morgan fingerprint density at radius 1 is 1.47 bits per heavy atom. The molecule has 0 bridgehead atoms. The van der Waals surface area contributed by atoms with Crippen LogP contribution in [0.2, 0.25) is 0 Å². The number of hydrogen-bond acceptors (Lipinski definition) is 4. The maximum absolute atomic E-state index is 10.3. The summed E-state index contributed by atoms with van der Waals surface area (Å²) in [6, 6.07) is 4.98. The molecule has 0 radical (unpaired) electrons. The quantitative estimate of drug-likeness (QED) is 0.779. The lowest BCUT2D eigenvalue weighted by molar-refractivity contribution is 0.416. The molecule has 0 aliphatic rings. The van der Waals surface area contributed by atoms with Crippen LogP contribution < -0.4 is 4.74 Å². The summed E-state index contributed by atoms with van der Waals surface area (Å²) < 4.78 is 5.16. The van der Waals surface area contributed by atoms with Crippen LogP contribution in [0.5, 0.6) is 5.75 Å². The summed E-state index contributed by atoms with van der Waals surface area (Å²) in [6.45, 7) is 0. The van der Waals surface area contributed by atoms with Crippen LogP contribution in [-0.2, 0) is 0 Å². The van der Waals surface area contributed by atoms with Crippen molar-refractivity contribution in [2.75, 3.05) is 7.11 Å². The van der Waals surface area contributed by atoms with Crippen molar-refractivity contribution < 1.29 is 4.74 Å². The van der Waals surface area contributed by atoms with Crippen molar-refractivity contribution in [2.24, 2.45) is 5.18 Å². The molecular weight excluding hydrogens is 194 g/mol. The number of imidazole rings is 1. The third kappa shape index (κ3) is 1.71. The van der Waals surface area contributed by atoms with Crippen LogP contribution in [-0.4, -0.2) is 17.1 Å². The SMILES string of the molecule is COc1cc(N=O)ccc1-c1cnc[nH]1. The van der Waals surface area contributed by atoms with Crippen molar-refractivity contribution in [3.05, 3.63) is 35.6 Å². The standard InChI is InChI=1S/C10H9N3O2/c1-15-10-4-7(13-14)2-3-8(10)9-5-11-6-12-9/h2-6H,1H3,(H,11,12). The van der Waals surface area contributed by atoms with Gasteiger partial charge in [0.25, 0.3) is 0 Å². The molecule has 0 saturated carbocycles. The molecule has 0 aliphatic heterocycles. The highest BCUT2D eigenvalue weighted by molar-refractivity contribution is 5.69. The number of rotatable bonds is 3. The third-order valence-electron chi connectivity index (χ3n) is 2.08. The number of hydrogen-bond donors (Lipinski definition) is 1. The first-order chi connectivity index (χ1) is 7.35. The molecule has 2 aromatic rings. The number of nitrogens with one attached hydrogen (secondary N) is 1. The Kier molecular flexibility index (Phi) is 2.45. The highest BCUT2D eigenvalue weighted by Gasteiger charge is 2.07. The zero-order valence-electron chi connectivity index (χ0n) is 8.10. The molecule has 0 amide bonds. The number of H-pyrrole nitrogens is 1. The van der Waals surface area contributed by atoms with Crippen molar-refractivity contribution >= 4 is 5.69 Å². The summed E-state index contributed by atoms with van der Waals surface area (Å²) in [5.74, 6) is 0.594. The molecule has 1 heterocycles. The number of ether oxygens (including phenoxy) is 1. The number of nitroso groups, excluding NO2 is 1. The minimum Gasteiger partial charge on any atom is -0.496 e. The zero-order chi connectivity index (χ0) is 10.7. The van der Waals surface area contributed by atoms with Gasteiger partial charge in [0.15, 0.2) is 0 Å². The van der Waals surface area contributed by atoms with Crippen molar-refractivity contribution in [3.8, 4) is 17.0 Å². The van der Waals surface area contributed by atoms with Gasteiger partial charge in [0.2, 0.25) is 0 Å². The second-order valence-corrected chi connectivity index (χ2v) is 2.94. The van der Waals surface area contributed by atoms with Crippen LogP contribution in [0.1, 0.15) is 0 Å². The van der Waals surface area contributed by atoms with Gasteiger partial charge in [-0.3, -0.25) is 0 Å². The fraction of sp³-hybridized carbons (Fsp3) is 0.100. The largest absolute Gasteiger partial charge is 0.496 e. The summed E-state index contributed by atoms with van der Waals surface area (Å²) in [6.07, 6.45) is 3.27. The minimum atomic E-state index is 0.343. The van der Waals surface area contributed by atoms with Gasteiger partial charge < -0.3 is 9.72 Å². The van der Waals surface area contributed by atoms with E-state index in [0.717, 1.165) is 11.3 Å². The van der Waals surface area contributed by atoms with E-state index >= 15 is 0 Å². The van der Waals surface area contributed by atoms with E-state index in [4.69, 9.17) is 4.74 Å². The van der Waals surface area contributed by atoms with Gasteiger partial charge in [-0.1, -0.05) is 0 Å². The van der Waals surface area contributed by atoms with Gasteiger partial charge >= 0.3 is 0 Å². The van der Waals surface area contributed by atoms with Crippen LogP contribution in [0.3, 0.4) is 0 Å². The van der Waals surface area contributed by atoms with Crippen molar-refractivity contribution in [1.82, 2.24) is 9.97 Å². The van der Waals surface area contributed by atoms with Gasteiger partial charge in [0.05, 0.1) is 25.3 Å². The van der Waals surface area contributed by atoms with Crippen molar-refractivity contribution in [3.63, 3.8) is 0 Å². The van der Waals surface area contributed by atoms with E-state index in [1.807, 2.05) is 0 Å². The molecule has 0 aliphatic carbocycles. The summed E-state index contributed by atoms with van der Waals surface area (Å²) in [5.41, 5.74) is 2.03. The number of aromatic amines is 1. The third-order valence-corrected chi connectivity index (χ3v) is 2.08. The Labute approximate surface area is 86.1 Å². The monoisotopic (exact) mass is 203 g/mol. The molecule has 1 N–H and O–H groups in total. The second-order valence-electron chi connectivity index (χ2n) is 2.94. The molecular formula is C10H9N3O2. The maximum Gasteiger partial charge on any atom is 0.130 e. The van der Waals surface area contributed by atoms with Crippen LogP contribution in [0.4, 0.5) is 5.69 Å². The van der Waals surface area contributed by atoms with Gasteiger partial charge in [-0.15, -0.1) is 4.91 Å². The summed E-state index contributed by atoms with van der Waals surface area (Å²) in [4.78, 5) is 17.2. The molecule has 0 spiro atoms. The molecule has 0 atom stereocenters. The van der Waals surface area contributed by atoms with E-state index in [-0.39, 0.29) is 0 Å². The Morgan fingerprint density at radius 2 is 2.33 bits per heavy atom. The van der Waals surface area contributed by atoms with E-state index in [1.165, 1.54) is 0 Å². The van der Waals surface area contributed by atoms with E-state index < -0.39 is 0 Å². The normalized spacial score (nSPS) is 9.93. The summed E-state index contributed by atoms with van der Waals surface area (Å²) >= 11 is 0. The molecule has 1 aromatic heterocycles. The highest BCUT2D eigenvalue weighted by Crippen LogP contribution is 2.31. The number of benzene rings is 1. The fourth-order valence-electron chi connectivity index (χ4n) is 1.36. The van der Waals surface area contributed by atoms with Gasteiger partial charge in [0.1, 0.15) is 11.4 Å².